The van der Waals surface area contributed by atoms with Gasteiger partial charge in [0.05, 0.1) is 6.61 Å². The first-order valence-electron chi connectivity index (χ1n) is 8.73. The lowest BCUT2D eigenvalue weighted by atomic mass is 9.77. The van der Waals surface area contributed by atoms with E-state index < -0.39 is 0 Å². The van der Waals surface area contributed by atoms with Crippen LogP contribution in [0.1, 0.15) is 91.3 Å². The molecule has 1 aromatic carbocycles. The predicted octanol–water partition coefficient (Wildman–Crippen LogP) is 6.20. The SMILES string of the molecule is CC#CCC(C)c1cc(C(C)(C)C)c(OCC)c(C(C)(C)C)c1. The van der Waals surface area contributed by atoms with Crippen LogP contribution in [-0.4, -0.2) is 6.61 Å². The molecule has 0 spiro atoms. The Kier molecular flexibility index (Phi) is 6.34. The highest BCUT2D eigenvalue weighted by molar-refractivity contribution is 5.51. The molecule has 23 heavy (non-hydrogen) atoms. The van der Waals surface area contributed by atoms with E-state index in [0.717, 1.165) is 12.2 Å². The van der Waals surface area contributed by atoms with Crippen molar-refractivity contribution in [2.24, 2.45) is 0 Å². The Bertz CT molecular complexity index is 550. The molecule has 0 saturated heterocycles. The molecule has 1 unspecified atom stereocenters. The van der Waals surface area contributed by atoms with Gasteiger partial charge in [-0.25, -0.2) is 0 Å². The average Bonchev–Trinajstić information content (AvgIpc) is 2.42. The number of ether oxygens (including phenoxy) is 1. The second-order valence-corrected chi connectivity index (χ2v) is 8.41. The highest BCUT2D eigenvalue weighted by Crippen LogP contribution is 2.42. The fraction of sp³-hybridized carbons (Fsp3) is 0.636. The van der Waals surface area contributed by atoms with Crippen LogP contribution in [0.3, 0.4) is 0 Å². The van der Waals surface area contributed by atoms with Gasteiger partial charge in [0.15, 0.2) is 0 Å². The third-order valence-electron chi connectivity index (χ3n) is 4.17. The summed E-state index contributed by atoms with van der Waals surface area (Å²) in [5.41, 5.74) is 4.08. The predicted molar refractivity (Wildman–Crippen MR) is 101 cm³/mol. The first-order valence-corrected chi connectivity index (χ1v) is 8.73. The van der Waals surface area contributed by atoms with E-state index in [2.05, 4.69) is 79.4 Å². The van der Waals surface area contributed by atoms with Crippen molar-refractivity contribution in [1.82, 2.24) is 0 Å². The molecule has 0 N–H and O–H groups in total. The smallest absolute Gasteiger partial charge is 0.126 e. The Labute approximate surface area is 143 Å². The molecule has 1 atom stereocenters. The number of hydrogen-bond acceptors (Lipinski definition) is 1. The molecule has 1 nitrogen and oxygen atoms in total. The van der Waals surface area contributed by atoms with E-state index >= 15 is 0 Å². The van der Waals surface area contributed by atoms with Gasteiger partial charge in [0, 0.05) is 17.5 Å². The lowest BCUT2D eigenvalue weighted by Gasteiger charge is -2.31. The highest BCUT2D eigenvalue weighted by atomic mass is 16.5. The lowest BCUT2D eigenvalue weighted by molar-refractivity contribution is 0.319. The summed E-state index contributed by atoms with van der Waals surface area (Å²) in [5.74, 6) is 7.74. The summed E-state index contributed by atoms with van der Waals surface area (Å²) in [4.78, 5) is 0. The van der Waals surface area contributed by atoms with Crippen molar-refractivity contribution < 1.29 is 4.74 Å². The van der Waals surface area contributed by atoms with Gasteiger partial charge in [-0.15, -0.1) is 11.8 Å². The van der Waals surface area contributed by atoms with Crippen molar-refractivity contribution in [3.8, 4) is 17.6 Å². The van der Waals surface area contributed by atoms with Gasteiger partial charge in [0.25, 0.3) is 0 Å². The standard InChI is InChI=1S/C22H34O/c1-10-12-13-16(3)17-14-18(21(4,5)6)20(23-11-2)19(15-17)22(7,8)9/h14-16H,11,13H2,1-9H3. The summed E-state index contributed by atoms with van der Waals surface area (Å²) in [5, 5.41) is 0. The van der Waals surface area contributed by atoms with E-state index in [1.54, 1.807) is 0 Å². The van der Waals surface area contributed by atoms with Crippen LogP contribution in [0.25, 0.3) is 0 Å². The molecule has 0 aliphatic rings. The van der Waals surface area contributed by atoms with Gasteiger partial charge < -0.3 is 4.74 Å². The van der Waals surface area contributed by atoms with Crippen molar-refractivity contribution in [2.75, 3.05) is 6.61 Å². The molecule has 1 heteroatoms. The zero-order chi connectivity index (χ0) is 17.8. The Morgan fingerprint density at radius 2 is 1.48 bits per heavy atom. The lowest BCUT2D eigenvalue weighted by Crippen LogP contribution is -2.20. The van der Waals surface area contributed by atoms with Crippen LogP contribution in [-0.2, 0) is 10.8 Å². The summed E-state index contributed by atoms with van der Waals surface area (Å²) in [6, 6.07) is 4.67. The van der Waals surface area contributed by atoms with Crippen LogP contribution in [0.5, 0.6) is 5.75 Å². The van der Waals surface area contributed by atoms with E-state index in [4.69, 9.17) is 4.74 Å². The van der Waals surface area contributed by atoms with Crippen LogP contribution in [0.2, 0.25) is 0 Å². The largest absolute Gasteiger partial charge is 0.493 e. The van der Waals surface area contributed by atoms with E-state index in [-0.39, 0.29) is 10.8 Å². The van der Waals surface area contributed by atoms with Gasteiger partial charge in [-0.05, 0) is 36.2 Å². The Morgan fingerprint density at radius 3 is 1.83 bits per heavy atom. The molecule has 0 aliphatic heterocycles. The fourth-order valence-electron chi connectivity index (χ4n) is 2.72. The summed E-state index contributed by atoms with van der Waals surface area (Å²) in [7, 11) is 0. The van der Waals surface area contributed by atoms with Crippen LogP contribution >= 0.6 is 0 Å². The first kappa shape index (κ1) is 19.6. The fourth-order valence-corrected chi connectivity index (χ4v) is 2.72. The maximum atomic E-state index is 6.11. The Hall–Kier alpha value is -1.42. The summed E-state index contributed by atoms with van der Waals surface area (Å²) in [6.45, 7) is 20.5. The maximum absolute atomic E-state index is 6.11. The van der Waals surface area contributed by atoms with E-state index in [9.17, 15) is 0 Å². The van der Waals surface area contributed by atoms with E-state index in [0.29, 0.717) is 12.5 Å². The van der Waals surface area contributed by atoms with Crippen LogP contribution in [0.4, 0.5) is 0 Å². The molecule has 0 bridgehead atoms. The number of hydrogen-bond donors (Lipinski definition) is 0. The van der Waals surface area contributed by atoms with E-state index in [1.165, 1.54) is 16.7 Å². The van der Waals surface area contributed by atoms with Crippen molar-refractivity contribution in [3.05, 3.63) is 28.8 Å². The molecule has 1 aromatic rings. The molecule has 0 amide bonds. The van der Waals surface area contributed by atoms with Gasteiger partial charge >= 0.3 is 0 Å². The maximum Gasteiger partial charge on any atom is 0.126 e. The first-order chi connectivity index (χ1) is 10.5. The highest BCUT2D eigenvalue weighted by Gasteiger charge is 2.28. The number of benzene rings is 1. The Balaban J connectivity index is 3.60. The van der Waals surface area contributed by atoms with Gasteiger partial charge in [0.1, 0.15) is 5.75 Å². The van der Waals surface area contributed by atoms with Crippen LogP contribution in [0, 0.1) is 11.8 Å². The second-order valence-electron chi connectivity index (χ2n) is 8.41. The average molecular weight is 315 g/mol. The quantitative estimate of drug-likeness (QED) is 0.601. The zero-order valence-corrected chi connectivity index (χ0v) is 16.6. The monoisotopic (exact) mass is 314 g/mol. The molecular weight excluding hydrogens is 280 g/mol. The second kappa shape index (κ2) is 7.43. The summed E-state index contributed by atoms with van der Waals surface area (Å²) < 4.78 is 6.11. The minimum Gasteiger partial charge on any atom is -0.493 e. The van der Waals surface area contributed by atoms with E-state index in [1.807, 2.05) is 6.92 Å². The molecule has 0 aliphatic carbocycles. The topological polar surface area (TPSA) is 9.23 Å². The van der Waals surface area contributed by atoms with Crippen LogP contribution < -0.4 is 4.74 Å². The summed E-state index contributed by atoms with van der Waals surface area (Å²) >= 11 is 0. The normalized spacial score (nSPS) is 13.3. The van der Waals surface area contributed by atoms with Crippen LogP contribution in [0.15, 0.2) is 12.1 Å². The van der Waals surface area contributed by atoms with Crippen molar-refractivity contribution in [1.29, 1.82) is 0 Å². The molecule has 0 heterocycles. The minimum atomic E-state index is 0.0523. The molecule has 128 valence electrons. The molecule has 0 saturated carbocycles. The van der Waals surface area contributed by atoms with Crippen molar-refractivity contribution >= 4 is 0 Å². The van der Waals surface area contributed by atoms with Gasteiger partial charge in [-0.1, -0.05) is 60.6 Å². The Morgan fingerprint density at radius 1 is 1.00 bits per heavy atom. The molecular formula is C22H34O. The van der Waals surface area contributed by atoms with Crippen molar-refractivity contribution in [3.63, 3.8) is 0 Å². The third-order valence-corrected chi connectivity index (χ3v) is 4.17. The van der Waals surface area contributed by atoms with Gasteiger partial charge in [-0.2, -0.15) is 0 Å². The number of rotatable bonds is 4. The van der Waals surface area contributed by atoms with Gasteiger partial charge in [-0.3, -0.25) is 0 Å². The van der Waals surface area contributed by atoms with Crippen molar-refractivity contribution in [2.45, 2.75) is 85.5 Å². The minimum absolute atomic E-state index is 0.0523. The molecule has 0 fully saturated rings. The molecule has 0 radical (unpaired) electrons. The third kappa shape index (κ3) is 5.03. The van der Waals surface area contributed by atoms with Gasteiger partial charge in [0.2, 0.25) is 0 Å². The zero-order valence-electron chi connectivity index (χ0n) is 16.6. The molecule has 0 aromatic heterocycles. The molecule has 1 rings (SSSR count). The summed E-state index contributed by atoms with van der Waals surface area (Å²) in [6.07, 6.45) is 0.900.